The van der Waals surface area contributed by atoms with Crippen molar-refractivity contribution in [2.45, 2.75) is 20.8 Å². The Kier molecular flexibility index (Phi) is 5.70. The van der Waals surface area contributed by atoms with E-state index in [1.807, 2.05) is 38.1 Å². The first kappa shape index (κ1) is 22.5. The number of thiophene rings is 1. The lowest BCUT2D eigenvalue weighted by molar-refractivity contribution is 0.103. The zero-order valence-electron chi connectivity index (χ0n) is 19.2. The maximum atomic E-state index is 13.0. The fourth-order valence-electron chi connectivity index (χ4n) is 3.86. The van der Waals surface area contributed by atoms with Crippen molar-refractivity contribution in [1.29, 1.82) is 0 Å². The summed E-state index contributed by atoms with van der Waals surface area (Å²) in [6.45, 7) is 5.94. The number of carbonyl (C=O) groups is 1. The molecule has 5 rings (SSSR count). The maximum absolute atomic E-state index is 13.0. The van der Waals surface area contributed by atoms with Crippen molar-refractivity contribution in [2.24, 2.45) is 0 Å². The third kappa shape index (κ3) is 4.10. The van der Waals surface area contributed by atoms with Crippen LogP contribution in [0.15, 0.2) is 62.5 Å². The normalized spacial score (nSPS) is 11.2. The summed E-state index contributed by atoms with van der Waals surface area (Å²) in [6.07, 6.45) is 0. The second kappa shape index (κ2) is 8.84. The molecule has 0 saturated heterocycles. The number of aryl methyl sites for hydroxylation is 2. The van der Waals surface area contributed by atoms with Gasteiger partial charge in [-0.1, -0.05) is 29.8 Å². The van der Waals surface area contributed by atoms with Crippen LogP contribution in [0.4, 0.5) is 5.69 Å². The van der Waals surface area contributed by atoms with Gasteiger partial charge in [0.2, 0.25) is 0 Å². The van der Waals surface area contributed by atoms with Crippen molar-refractivity contribution in [3.8, 4) is 17.1 Å². The molecular formula is C26H21N3O5S. The molecule has 0 atom stereocenters. The van der Waals surface area contributed by atoms with Gasteiger partial charge in [-0.3, -0.25) is 9.59 Å². The van der Waals surface area contributed by atoms with Gasteiger partial charge in [-0.2, -0.15) is 0 Å². The van der Waals surface area contributed by atoms with E-state index < -0.39 is 11.2 Å². The van der Waals surface area contributed by atoms with Crippen LogP contribution in [-0.2, 0) is 0 Å². The molecule has 35 heavy (non-hydrogen) atoms. The summed E-state index contributed by atoms with van der Waals surface area (Å²) < 4.78 is 11.1. The lowest BCUT2D eigenvalue weighted by Gasteiger charge is -2.07. The molecule has 0 radical (unpaired) electrons. The van der Waals surface area contributed by atoms with E-state index in [9.17, 15) is 14.4 Å². The highest BCUT2D eigenvalue weighted by Gasteiger charge is 2.21. The molecular weight excluding hydrogens is 466 g/mol. The van der Waals surface area contributed by atoms with Crippen molar-refractivity contribution in [3.05, 3.63) is 85.3 Å². The monoisotopic (exact) mass is 487 g/mol. The summed E-state index contributed by atoms with van der Waals surface area (Å²) in [5, 5.41) is 3.80. The minimum atomic E-state index is -0.655. The number of amides is 1. The highest BCUT2D eigenvalue weighted by atomic mass is 32.1. The topological polar surface area (TPSA) is 114 Å². The van der Waals surface area contributed by atoms with E-state index >= 15 is 0 Å². The molecule has 0 saturated carbocycles. The van der Waals surface area contributed by atoms with Crippen LogP contribution in [0, 0.1) is 13.8 Å². The van der Waals surface area contributed by atoms with Crippen LogP contribution in [-0.4, -0.2) is 22.5 Å². The molecule has 3 aromatic heterocycles. The number of carbonyl (C=O) groups excluding carboxylic acids is 1. The van der Waals surface area contributed by atoms with E-state index in [0.717, 1.165) is 16.9 Å². The van der Waals surface area contributed by atoms with Crippen molar-refractivity contribution in [1.82, 2.24) is 9.97 Å². The highest BCUT2D eigenvalue weighted by Crippen LogP contribution is 2.30. The Labute approximate surface area is 203 Å². The maximum Gasteiger partial charge on any atom is 0.347 e. The summed E-state index contributed by atoms with van der Waals surface area (Å²) >= 11 is 1.10. The summed E-state index contributed by atoms with van der Waals surface area (Å²) in [6, 6.07) is 14.3. The Morgan fingerprint density at radius 1 is 1.14 bits per heavy atom. The summed E-state index contributed by atoms with van der Waals surface area (Å²) in [5.74, 6) is 0.208. The smallest absolute Gasteiger partial charge is 0.347 e. The lowest BCUT2D eigenvalue weighted by atomic mass is 10.1. The van der Waals surface area contributed by atoms with Crippen molar-refractivity contribution in [2.75, 3.05) is 11.9 Å². The average molecular weight is 488 g/mol. The number of aromatic amines is 1. The second-order valence-electron chi connectivity index (χ2n) is 8.03. The molecule has 176 valence electrons. The molecule has 0 aliphatic rings. The molecule has 0 fully saturated rings. The predicted molar refractivity (Wildman–Crippen MR) is 137 cm³/mol. The van der Waals surface area contributed by atoms with Crippen molar-refractivity contribution < 1.29 is 13.9 Å². The van der Waals surface area contributed by atoms with Crippen LogP contribution in [0.5, 0.6) is 5.75 Å². The number of aromatic nitrogens is 2. The van der Waals surface area contributed by atoms with Gasteiger partial charge in [0.1, 0.15) is 16.2 Å². The van der Waals surface area contributed by atoms with Gasteiger partial charge < -0.3 is 19.5 Å². The van der Waals surface area contributed by atoms with Gasteiger partial charge in [-0.15, -0.1) is 11.3 Å². The molecule has 0 unspecified atom stereocenters. The Hall–Kier alpha value is -4.24. The standard InChI is InChI=1S/C26H21N3O5S/c1-4-33-18-7-5-6-15-12-17(26(32)34-20(15)18)22-28-23(30)19-14(3)21(35-25(19)29-22)24(31)27-16-10-8-13(2)9-11-16/h5-12H,4H2,1-3H3,(H,27,31)(H,28,29,30). The third-order valence-electron chi connectivity index (χ3n) is 5.60. The van der Waals surface area contributed by atoms with Crippen LogP contribution < -0.4 is 21.2 Å². The first-order chi connectivity index (χ1) is 16.9. The summed E-state index contributed by atoms with van der Waals surface area (Å²) in [5.41, 5.74) is 1.61. The van der Waals surface area contributed by atoms with Gasteiger partial charge in [0.05, 0.1) is 16.9 Å². The first-order valence-electron chi connectivity index (χ1n) is 11.0. The SMILES string of the molecule is CCOc1cccc2cc(-c3nc4sc(C(=O)Nc5ccc(C)cc5)c(C)c4c(=O)[nH]3)c(=O)oc12. The van der Waals surface area contributed by atoms with Crippen LogP contribution in [0.3, 0.4) is 0 Å². The fourth-order valence-corrected chi connectivity index (χ4v) is 4.94. The number of H-pyrrole nitrogens is 1. The molecule has 9 heteroatoms. The first-order valence-corrected chi connectivity index (χ1v) is 11.8. The number of ether oxygens (including phenoxy) is 1. The second-order valence-corrected chi connectivity index (χ2v) is 9.03. The van der Waals surface area contributed by atoms with E-state index in [0.29, 0.717) is 49.7 Å². The molecule has 5 aromatic rings. The molecule has 1 amide bonds. The van der Waals surface area contributed by atoms with Crippen molar-refractivity contribution >= 4 is 44.1 Å². The van der Waals surface area contributed by atoms with E-state index in [-0.39, 0.29) is 17.3 Å². The molecule has 0 spiro atoms. The average Bonchev–Trinajstić information content (AvgIpc) is 3.17. The number of rotatable bonds is 5. The third-order valence-corrected chi connectivity index (χ3v) is 6.78. The van der Waals surface area contributed by atoms with Crippen LogP contribution in [0.2, 0.25) is 0 Å². The number of nitrogens with zero attached hydrogens (tertiary/aromatic N) is 1. The van der Waals surface area contributed by atoms with Gasteiger partial charge in [0, 0.05) is 11.1 Å². The van der Waals surface area contributed by atoms with E-state index in [2.05, 4.69) is 15.3 Å². The lowest BCUT2D eigenvalue weighted by Crippen LogP contribution is -2.14. The van der Waals surface area contributed by atoms with Gasteiger partial charge in [0.15, 0.2) is 11.3 Å². The molecule has 2 N–H and O–H groups in total. The number of hydrogen-bond donors (Lipinski definition) is 2. The Balaban J connectivity index is 1.58. The van der Waals surface area contributed by atoms with Gasteiger partial charge in [-0.05, 0) is 50.6 Å². The summed E-state index contributed by atoms with van der Waals surface area (Å²) in [4.78, 5) is 46.6. The van der Waals surface area contributed by atoms with Gasteiger partial charge in [-0.25, -0.2) is 9.78 Å². The molecule has 3 heterocycles. The Morgan fingerprint density at radius 2 is 1.91 bits per heavy atom. The van der Waals surface area contributed by atoms with E-state index in [1.165, 1.54) is 0 Å². The van der Waals surface area contributed by atoms with Crippen molar-refractivity contribution in [3.63, 3.8) is 0 Å². The molecule has 0 bridgehead atoms. The van der Waals surface area contributed by atoms with Crippen LogP contribution >= 0.6 is 11.3 Å². The zero-order valence-corrected chi connectivity index (χ0v) is 20.0. The van der Waals surface area contributed by atoms with Crippen LogP contribution in [0.25, 0.3) is 32.6 Å². The van der Waals surface area contributed by atoms with Gasteiger partial charge in [0.25, 0.3) is 11.5 Å². The Bertz CT molecular complexity index is 1710. The number of fused-ring (bicyclic) bond motifs is 2. The minimum absolute atomic E-state index is 0.0757. The summed E-state index contributed by atoms with van der Waals surface area (Å²) in [7, 11) is 0. The largest absolute Gasteiger partial charge is 0.490 e. The molecule has 0 aliphatic heterocycles. The van der Waals surface area contributed by atoms with E-state index in [1.54, 1.807) is 31.2 Å². The number of para-hydroxylation sites is 1. The number of nitrogens with one attached hydrogen (secondary N) is 2. The molecule has 8 nitrogen and oxygen atoms in total. The Morgan fingerprint density at radius 3 is 2.66 bits per heavy atom. The quantitative estimate of drug-likeness (QED) is 0.336. The number of benzene rings is 2. The highest BCUT2D eigenvalue weighted by molar-refractivity contribution is 7.20. The predicted octanol–water partition coefficient (Wildman–Crippen LogP) is 5.03. The number of anilines is 1. The zero-order chi connectivity index (χ0) is 24.7. The van der Waals surface area contributed by atoms with Crippen LogP contribution in [0.1, 0.15) is 27.7 Å². The number of hydrogen-bond acceptors (Lipinski definition) is 7. The molecule has 2 aromatic carbocycles. The van der Waals surface area contributed by atoms with Gasteiger partial charge >= 0.3 is 5.63 Å². The molecule has 0 aliphatic carbocycles. The van der Waals surface area contributed by atoms with E-state index in [4.69, 9.17) is 9.15 Å². The minimum Gasteiger partial charge on any atom is -0.490 e. The fraction of sp³-hybridized carbons (Fsp3) is 0.154.